The van der Waals surface area contributed by atoms with Gasteiger partial charge in [-0.1, -0.05) is 140 Å². The number of halogens is 5. The molecule has 0 saturated heterocycles. The molecule has 0 saturated carbocycles. The lowest BCUT2D eigenvalue weighted by molar-refractivity contribution is -0.142. The van der Waals surface area contributed by atoms with E-state index >= 15 is 13.6 Å². The first-order valence-corrected chi connectivity index (χ1v) is 17.9. The standard InChI is InChI=1S/C45H33F5N2O5/c46-37-38(47)40(49)42(41(50)39(37)48)57-43(54)35(24-25-36(51)53)52(44(55)56-26-34-32-22-12-10-20-30(32)31-21-11-13-23-33(31)34)45(27-14-4-1-5-15-27,28-16-6-2-7-17-28)29-18-8-3-9-19-29/h1-23,34-35H,24-26H2,(H2,51,53)/t35-/m0/s1. The number of carbonyl (C=O) groups excluding carboxylic acids is 3. The first kappa shape index (κ1) is 38.5. The molecule has 288 valence electrons. The number of fused-ring (bicyclic) bond motifs is 3. The van der Waals surface area contributed by atoms with Gasteiger partial charge in [-0.3, -0.25) is 9.69 Å². The second kappa shape index (κ2) is 16.1. The van der Waals surface area contributed by atoms with E-state index in [2.05, 4.69) is 0 Å². The third-order valence-electron chi connectivity index (χ3n) is 10.1. The highest BCUT2D eigenvalue weighted by molar-refractivity contribution is 5.86. The Labute approximate surface area is 324 Å². The molecule has 0 bridgehead atoms. The lowest BCUT2D eigenvalue weighted by atomic mass is 9.74. The van der Waals surface area contributed by atoms with Crippen molar-refractivity contribution in [1.82, 2.24) is 4.90 Å². The van der Waals surface area contributed by atoms with Crippen LogP contribution < -0.4 is 10.5 Å². The quantitative estimate of drug-likeness (QED) is 0.0334. The molecule has 0 aliphatic heterocycles. The maximum Gasteiger partial charge on any atom is 0.411 e. The summed E-state index contributed by atoms with van der Waals surface area (Å²) < 4.78 is 84.3. The average molecular weight is 777 g/mol. The molecule has 2 N–H and O–H groups in total. The summed E-state index contributed by atoms with van der Waals surface area (Å²) in [5.41, 5.74) is 8.50. The zero-order chi connectivity index (χ0) is 40.3. The van der Waals surface area contributed by atoms with Crippen LogP contribution >= 0.6 is 0 Å². The lowest BCUT2D eigenvalue weighted by Gasteiger charge is -2.47. The van der Waals surface area contributed by atoms with Crippen LogP contribution in [0.25, 0.3) is 11.1 Å². The van der Waals surface area contributed by atoms with Crippen molar-refractivity contribution in [3.63, 3.8) is 0 Å². The highest BCUT2D eigenvalue weighted by Crippen LogP contribution is 2.47. The number of ether oxygens (including phenoxy) is 2. The molecule has 6 aromatic rings. The van der Waals surface area contributed by atoms with Gasteiger partial charge in [0.1, 0.15) is 18.2 Å². The minimum atomic E-state index is -2.47. The molecule has 1 aliphatic rings. The Kier molecular flexibility index (Phi) is 10.9. The second-order valence-electron chi connectivity index (χ2n) is 13.3. The van der Waals surface area contributed by atoms with E-state index in [-0.39, 0.29) is 6.61 Å². The maximum atomic E-state index is 15.3. The maximum absolute atomic E-state index is 15.3. The minimum absolute atomic E-state index is 0.257. The average Bonchev–Trinajstić information content (AvgIpc) is 3.57. The lowest BCUT2D eigenvalue weighted by Crippen LogP contribution is -2.59. The summed E-state index contributed by atoms with van der Waals surface area (Å²) >= 11 is 0. The van der Waals surface area contributed by atoms with E-state index in [0.717, 1.165) is 27.2 Å². The number of amides is 2. The van der Waals surface area contributed by atoms with Crippen LogP contribution in [-0.4, -0.2) is 35.5 Å². The fourth-order valence-corrected chi connectivity index (χ4v) is 7.59. The molecule has 0 radical (unpaired) electrons. The minimum Gasteiger partial charge on any atom is -0.448 e. The molecule has 2 amide bonds. The number of carbonyl (C=O) groups is 3. The van der Waals surface area contributed by atoms with Crippen molar-refractivity contribution < 1.29 is 45.8 Å². The first-order valence-electron chi connectivity index (χ1n) is 17.9. The smallest absolute Gasteiger partial charge is 0.411 e. The topological polar surface area (TPSA) is 98.9 Å². The van der Waals surface area contributed by atoms with Gasteiger partial charge in [-0.2, -0.15) is 8.78 Å². The van der Waals surface area contributed by atoms with Crippen molar-refractivity contribution in [3.8, 4) is 16.9 Å². The SMILES string of the molecule is NC(=O)CC[C@@H](C(=O)Oc1c(F)c(F)c(F)c(F)c1F)N(C(=O)OCC1c2ccccc2-c2ccccc21)C(c1ccccc1)(c1ccccc1)c1ccccc1. The molecular formula is C45H33F5N2O5. The van der Waals surface area contributed by atoms with Crippen molar-refractivity contribution in [2.45, 2.75) is 30.3 Å². The normalized spacial score (nSPS) is 12.6. The predicted molar refractivity (Wildman–Crippen MR) is 200 cm³/mol. The zero-order valence-electron chi connectivity index (χ0n) is 30.0. The van der Waals surface area contributed by atoms with Gasteiger partial charge in [-0.15, -0.1) is 0 Å². The number of esters is 1. The van der Waals surface area contributed by atoms with Crippen molar-refractivity contribution in [3.05, 3.63) is 196 Å². The van der Waals surface area contributed by atoms with Gasteiger partial charge in [-0.25, -0.2) is 22.8 Å². The van der Waals surface area contributed by atoms with Gasteiger partial charge in [0.25, 0.3) is 0 Å². The zero-order valence-corrected chi connectivity index (χ0v) is 30.0. The summed E-state index contributed by atoms with van der Waals surface area (Å²) in [6.45, 7) is -0.257. The van der Waals surface area contributed by atoms with Crippen LogP contribution in [-0.2, 0) is 19.9 Å². The number of primary amides is 1. The summed E-state index contributed by atoms with van der Waals surface area (Å²) in [5, 5.41) is 0. The molecule has 7 nitrogen and oxygen atoms in total. The van der Waals surface area contributed by atoms with E-state index in [4.69, 9.17) is 15.2 Å². The highest BCUT2D eigenvalue weighted by Gasteiger charge is 2.51. The molecule has 6 aromatic carbocycles. The summed E-state index contributed by atoms with van der Waals surface area (Å²) in [6.07, 6.45) is -2.35. The summed E-state index contributed by atoms with van der Waals surface area (Å²) in [6, 6.07) is 38.6. The predicted octanol–water partition coefficient (Wildman–Crippen LogP) is 9.16. The Morgan fingerprint density at radius 2 is 1.00 bits per heavy atom. The van der Waals surface area contributed by atoms with Crippen molar-refractivity contribution in [1.29, 1.82) is 0 Å². The number of nitrogens with zero attached hydrogens (tertiary/aromatic N) is 1. The summed E-state index contributed by atoms with van der Waals surface area (Å²) in [4.78, 5) is 43.2. The Morgan fingerprint density at radius 3 is 1.44 bits per heavy atom. The van der Waals surface area contributed by atoms with Gasteiger partial charge in [0.2, 0.25) is 40.7 Å². The molecule has 1 atom stereocenters. The Balaban J connectivity index is 1.45. The number of hydrogen-bond acceptors (Lipinski definition) is 5. The van der Waals surface area contributed by atoms with E-state index < -0.39 is 83.1 Å². The molecular weight excluding hydrogens is 743 g/mol. The van der Waals surface area contributed by atoms with Crippen LogP contribution in [0.1, 0.15) is 46.6 Å². The molecule has 7 rings (SSSR count). The molecule has 0 unspecified atom stereocenters. The Bertz CT molecular complexity index is 2280. The number of rotatable bonds is 12. The third kappa shape index (κ3) is 6.99. The fraction of sp³-hybridized carbons (Fsp3) is 0.133. The van der Waals surface area contributed by atoms with Crippen LogP contribution in [0, 0.1) is 29.1 Å². The summed E-state index contributed by atoms with van der Waals surface area (Å²) in [5.74, 6) is -16.9. The van der Waals surface area contributed by atoms with E-state index in [0.29, 0.717) is 16.7 Å². The Morgan fingerprint density at radius 1 is 0.596 bits per heavy atom. The van der Waals surface area contributed by atoms with Gasteiger partial charge >= 0.3 is 12.1 Å². The van der Waals surface area contributed by atoms with Crippen LogP contribution in [0.2, 0.25) is 0 Å². The first-order chi connectivity index (χ1) is 27.5. The highest BCUT2D eigenvalue weighted by atomic mass is 19.2. The fourth-order valence-electron chi connectivity index (χ4n) is 7.59. The third-order valence-corrected chi connectivity index (χ3v) is 10.1. The summed E-state index contributed by atoms with van der Waals surface area (Å²) in [7, 11) is 0. The van der Waals surface area contributed by atoms with E-state index in [1.54, 1.807) is 91.0 Å². The van der Waals surface area contributed by atoms with Gasteiger partial charge in [0, 0.05) is 12.3 Å². The molecule has 1 aliphatic carbocycles. The molecule has 0 fully saturated rings. The van der Waals surface area contributed by atoms with Crippen molar-refractivity contribution >= 4 is 18.0 Å². The molecule has 0 aromatic heterocycles. The van der Waals surface area contributed by atoms with Gasteiger partial charge < -0.3 is 15.2 Å². The van der Waals surface area contributed by atoms with Crippen LogP contribution in [0.5, 0.6) is 5.75 Å². The van der Waals surface area contributed by atoms with Crippen LogP contribution in [0.4, 0.5) is 26.7 Å². The number of benzene rings is 6. The number of hydrogen-bond donors (Lipinski definition) is 1. The second-order valence-corrected chi connectivity index (χ2v) is 13.3. The van der Waals surface area contributed by atoms with Crippen LogP contribution in [0.15, 0.2) is 140 Å². The van der Waals surface area contributed by atoms with E-state index in [1.165, 1.54) is 0 Å². The molecule has 0 heterocycles. The Hall–Kier alpha value is -6.82. The van der Waals surface area contributed by atoms with Crippen molar-refractivity contribution in [2.75, 3.05) is 6.61 Å². The molecule has 0 spiro atoms. The van der Waals surface area contributed by atoms with Crippen molar-refractivity contribution in [2.24, 2.45) is 5.73 Å². The number of nitrogens with two attached hydrogens (primary N) is 1. The largest absolute Gasteiger partial charge is 0.448 e. The molecule has 12 heteroatoms. The van der Waals surface area contributed by atoms with E-state index in [1.807, 2.05) is 48.5 Å². The monoisotopic (exact) mass is 776 g/mol. The van der Waals surface area contributed by atoms with Crippen LogP contribution in [0.3, 0.4) is 0 Å². The van der Waals surface area contributed by atoms with Gasteiger partial charge in [0.05, 0.1) is 0 Å². The molecule has 57 heavy (non-hydrogen) atoms. The van der Waals surface area contributed by atoms with E-state index in [9.17, 15) is 22.8 Å². The van der Waals surface area contributed by atoms with Gasteiger partial charge in [-0.05, 0) is 45.4 Å². The van der Waals surface area contributed by atoms with Gasteiger partial charge in [0.15, 0.2) is 0 Å².